The summed E-state index contributed by atoms with van der Waals surface area (Å²) in [4.78, 5) is 34.6. The Balaban J connectivity index is 4.24. The topological polar surface area (TPSA) is 112 Å². The second kappa shape index (κ2) is 29.3. The van der Waals surface area contributed by atoms with Gasteiger partial charge in [0.05, 0.1) is 43.9 Å². The molecule has 0 fully saturated rings. The lowest BCUT2D eigenvalue weighted by Gasteiger charge is -2.40. The minimum absolute atomic E-state index is 0.478. The fourth-order valence-corrected chi connectivity index (χ4v) is 6.36. The van der Waals surface area contributed by atoms with Crippen molar-refractivity contribution < 1.29 is 34.2 Å². The number of hydrogen-bond donors (Lipinski definition) is 3. The van der Waals surface area contributed by atoms with Gasteiger partial charge in [0.1, 0.15) is 0 Å². The highest BCUT2D eigenvalue weighted by atomic mass is 16.4. The molecule has 0 amide bonds. The molecule has 0 spiro atoms. The van der Waals surface area contributed by atoms with Gasteiger partial charge in [-0.25, -0.2) is 0 Å². The van der Waals surface area contributed by atoms with Crippen LogP contribution >= 0.6 is 0 Å². The van der Waals surface area contributed by atoms with E-state index < -0.39 is 35.7 Å². The lowest BCUT2D eigenvalue weighted by Crippen LogP contribution is -2.52. The van der Waals surface area contributed by atoms with Gasteiger partial charge >= 0.3 is 17.9 Å². The first kappa shape index (κ1) is 44.1. The Morgan fingerprint density at radius 1 is 0.457 bits per heavy atom. The van der Waals surface area contributed by atoms with Gasteiger partial charge in [-0.3, -0.25) is 14.4 Å². The Hall–Kier alpha value is -1.89. The van der Waals surface area contributed by atoms with E-state index in [4.69, 9.17) is 0 Å². The lowest BCUT2D eigenvalue weighted by atomic mass is 10.0. The Morgan fingerprint density at radius 3 is 0.935 bits per heavy atom. The molecule has 0 saturated heterocycles. The van der Waals surface area contributed by atoms with Crippen LogP contribution in [0.25, 0.3) is 0 Å². The van der Waals surface area contributed by atoms with Gasteiger partial charge in [0, 0.05) is 19.3 Å². The maximum atomic E-state index is 11.5. The first-order chi connectivity index (χ1) is 22.0. The Bertz CT molecular complexity index is 725. The molecule has 7 heteroatoms. The molecule has 3 N–H and O–H groups in total. The van der Waals surface area contributed by atoms with E-state index in [0.29, 0.717) is 43.4 Å². The molecule has 0 heterocycles. The van der Waals surface area contributed by atoms with Crippen LogP contribution in [-0.2, 0) is 14.4 Å². The zero-order valence-electron chi connectivity index (χ0n) is 30.3. The largest absolute Gasteiger partial charge is 0.481 e. The predicted molar refractivity (Wildman–Crippen MR) is 191 cm³/mol. The molecule has 0 saturated carbocycles. The van der Waals surface area contributed by atoms with Crippen LogP contribution in [0.3, 0.4) is 0 Å². The number of nitrogens with zero attached hydrogens (tertiary/aromatic N) is 1. The number of allylic oxidation sites excluding steroid dienone is 1. The number of carboxylic acid groups (broad SMARTS) is 3. The highest BCUT2D eigenvalue weighted by Gasteiger charge is 2.31. The minimum atomic E-state index is -0.821. The summed E-state index contributed by atoms with van der Waals surface area (Å²) in [7, 11) is 0. The Morgan fingerprint density at radius 2 is 0.696 bits per heavy atom. The average Bonchev–Trinajstić information content (AvgIpc) is 3.03. The predicted octanol–water partition coefficient (Wildman–Crippen LogP) is 10.5. The fourth-order valence-electron chi connectivity index (χ4n) is 6.36. The van der Waals surface area contributed by atoms with Gasteiger partial charge in [-0.15, -0.1) is 6.58 Å². The van der Waals surface area contributed by atoms with E-state index in [9.17, 15) is 29.7 Å². The zero-order chi connectivity index (χ0) is 34.5. The summed E-state index contributed by atoms with van der Waals surface area (Å²) in [6.45, 7) is 11.7. The van der Waals surface area contributed by atoms with Crippen molar-refractivity contribution in [2.45, 2.75) is 175 Å². The van der Waals surface area contributed by atoms with Crippen molar-refractivity contribution in [1.82, 2.24) is 0 Å². The SMILES string of the molecule is C=CCCCCCCCCCCCCCCCCCCCCCC[N+](CCC(C)C(=O)O)(CCC(C)C(=O)O)CCC(C)C(=O)O. The molecule has 0 aromatic rings. The molecule has 3 atom stereocenters. The number of rotatable bonds is 35. The summed E-state index contributed by atoms with van der Waals surface area (Å²) in [6.07, 6.45) is 31.1. The molecule has 0 radical (unpaired) electrons. The molecule has 270 valence electrons. The molecule has 0 aliphatic rings. The van der Waals surface area contributed by atoms with Crippen molar-refractivity contribution in [3.63, 3.8) is 0 Å². The quantitative estimate of drug-likeness (QED) is 0.0357. The third kappa shape index (κ3) is 25.2. The summed E-state index contributed by atoms with van der Waals surface area (Å²) in [5.74, 6) is -3.90. The van der Waals surface area contributed by atoms with Gasteiger partial charge in [0.2, 0.25) is 0 Å². The first-order valence-corrected chi connectivity index (χ1v) is 19.2. The Labute approximate surface area is 283 Å². The van der Waals surface area contributed by atoms with Crippen molar-refractivity contribution >= 4 is 17.9 Å². The summed E-state index contributed by atoms with van der Waals surface area (Å²) >= 11 is 0. The van der Waals surface area contributed by atoms with Gasteiger partial charge < -0.3 is 19.8 Å². The molecule has 3 unspecified atom stereocenters. The average molecular weight is 653 g/mol. The van der Waals surface area contributed by atoms with Gasteiger partial charge in [-0.1, -0.05) is 136 Å². The summed E-state index contributed by atoms with van der Waals surface area (Å²) < 4.78 is 0.615. The van der Waals surface area contributed by atoms with Crippen molar-refractivity contribution in [3.05, 3.63) is 12.7 Å². The van der Waals surface area contributed by atoms with Gasteiger partial charge in [0.15, 0.2) is 0 Å². The molecule has 0 aromatic heterocycles. The van der Waals surface area contributed by atoms with E-state index in [1.165, 1.54) is 122 Å². The van der Waals surface area contributed by atoms with Gasteiger partial charge in [-0.05, 0) is 25.7 Å². The van der Waals surface area contributed by atoms with Crippen LogP contribution in [-0.4, -0.2) is 63.9 Å². The molecule has 7 nitrogen and oxygen atoms in total. The van der Waals surface area contributed by atoms with E-state index in [2.05, 4.69) is 6.58 Å². The number of hydrogen-bond acceptors (Lipinski definition) is 3. The molecule has 0 rings (SSSR count). The summed E-state index contributed by atoms with van der Waals surface area (Å²) in [5.41, 5.74) is 0. The molecule has 0 aromatic carbocycles. The third-order valence-corrected chi connectivity index (χ3v) is 10.2. The van der Waals surface area contributed by atoms with E-state index in [-0.39, 0.29) is 0 Å². The molecule has 46 heavy (non-hydrogen) atoms. The van der Waals surface area contributed by atoms with E-state index in [0.717, 1.165) is 19.4 Å². The molecule has 0 bridgehead atoms. The van der Waals surface area contributed by atoms with Crippen LogP contribution in [0.5, 0.6) is 0 Å². The van der Waals surface area contributed by atoms with Crippen LogP contribution in [0.2, 0.25) is 0 Å². The second-order valence-corrected chi connectivity index (χ2v) is 14.5. The maximum absolute atomic E-state index is 11.5. The molecular weight excluding hydrogens is 578 g/mol. The van der Waals surface area contributed by atoms with E-state index in [1.807, 2.05) is 6.08 Å². The summed E-state index contributed by atoms with van der Waals surface area (Å²) in [5, 5.41) is 28.4. The minimum Gasteiger partial charge on any atom is -0.481 e. The number of quaternary nitrogens is 1. The first-order valence-electron chi connectivity index (χ1n) is 19.2. The van der Waals surface area contributed by atoms with Crippen LogP contribution in [0.15, 0.2) is 12.7 Å². The van der Waals surface area contributed by atoms with Crippen LogP contribution < -0.4 is 0 Å². The van der Waals surface area contributed by atoms with Crippen LogP contribution in [0, 0.1) is 17.8 Å². The standard InChI is InChI=1S/C39H73NO6/c1-5-6-7-8-9-10-11-12-13-14-15-16-17-18-19-20-21-22-23-24-25-26-30-40(31-27-34(2)37(41)42,32-28-35(3)38(43)44)33-29-36(4)39(45)46/h5,34-36H,1,6-33H2,2-4H3,(H2-,41,42,43,44,45,46)/p+1. The maximum Gasteiger partial charge on any atom is 0.306 e. The fraction of sp³-hybridized carbons (Fsp3) is 0.872. The third-order valence-electron chi connectivity index (χ3n) is 10.2. The van der Waals surface area contributed by atoms with Crippen LogP contribution in [0.1, 0.15) is 175 Å². The highest BCUT2D eigenvalue weighted by Crippen LogP contribution is 2.22. The van der Waals surface area contributed by atoms with Gasteiger partial charge in [0.25, 0.3) is 0 Å². The van der Waals surface area contributed by atoms with Crippen molar-refractivity contribution in [2.75, 3.05) is 26.2 Å². The number of unbranched alkanes of at least 4 members (excludes halogenated alkanes) is 20. The van der Waals surface area contributed by atoms with Crippen molar-refractivity contribution in [1.29, 1.82) is 0 Å². The van der Waals surface area contributed by atoms with Crippen molar-refractivity contribution in [3.8, 4) is 0 Å². The van der Waals surface area contributed by atoms with E-state index in [1.54, 1.807) is 20.8 Å². The smallest absolute Gasteiger partial charge is 0.306 e. The monoisotopic (exact) mass is 653 g/mol. The number of carbonyl (C=O) groups is 3. The number of carboxylic acids is 3. The normalized spacial score (nSPS) is 14.8. The highest BCUT2D eigenvalue weighted by molar-refractivity contribution is 5.70. The number of aliphatic carboxylic acids is 3. The summed E-state index contributed by atoms with van der Waals surface area (Å²) in [6, 6.07) is 0. The van der Waals surface area contributed by atoms with Crippen LogP contribution in [0.4, 0.5) is 0 Å². The Kier molecular flexibility index (Phi) is 28.1. The van der Waals surface area contributed by atoms with Crippen molar-refractivity contribution in [2.24, 2.45) is 17.8 Å². The van der Waals surface area contributed by atoms with E-state index >= 15 is 0 Å². The lowest BCUT2D eigenvalue weighted by molar-refractivity contribution is -0.929. The molecular formula is C39H74NO6+. The van der Waals surface area contributed by atoms with Gasteiger partial charge in [-0.2, -0.15) is 0 Å². The molecule has 0 aliphatic heterocycles. The second-order valence-electron chi connectivity index (χ2n) is 14.5. The zero-order valence-corrected chi connectivity index (χ0v) is 30.3. The molecule has 0 aliphatic carbocycles.